The van der Waals surface area contributed by atoms with E-state index in [0.29, 0.717) is 13.2 Å². The Balaban J connectivity index is 2.72. The van der Waals surface area contributed by atoms with Gasteiger partial charge >= 0.3 is 5.97 Å². The van der Waals surface area contributed by atoms with Gasteiger partial charge in [0.05, 0.1) is 13.2 Å². The fourth-order valence-electron chi connectivity index (χ4n) is 1.84. The summed E-state index contributed by atoms with van der Waals surface area (Å²) >= 11 is 0. The lowest BCUT2D eigenvalue weighted by atomic mass is 10.1. The fraction of sp³-hybridized carbons (Fsp3) is 0.400. The smallest absolute Gasteiger partial charge is 0.320 e. The third kappa shape index (κ3) is 4.34. The van der Waals surface area contributed by atoms with Gasteiger partial charge in [-0.15, -0.1) is 6.58 Å². The number of carbonyl (C=O) groups excluding carboxylic acids is 1. The van der Waals surface area contributed by atoms with Gasteiger partial charge in [-0.05, 0) is 19.4 Å². The Bertz CT molecular complexity index is 375. The summed E-state index contributed by atoms with van der Waals surface area (Å²) in [5.41, 5.74) is 1.18. The third-order valence-corrected chi connectivity index (χ3v) is 2.83. The Morgan fingerprint density at radius 3 is 2.67 bits per heavy atom. The fourth-order valence-corrected chi connectivity index (χ4v) is 1.84. The summed E-state index contributed by atoms with van der Waals surface area (Å²) < 4.78 is 4.99. The molecule has 0 aliphatic rings. The molecule has 0 aliphatic heterocycles. The molecular formula is C15H21NO2. The predicted molar refractivity (Wildman–Crippen MR) is 73.3 cm³/mol. The van der Waals surface area contributed by atoms with E-state index < -0.39 is 0 Å². The average molecular weight is 247 g/mol. The standard InChI is InChI=1S/C15H21NO2/c1-4-11-16(12-15(17)18-5-2)13(3)14-9-7-6-8-10-14/h4,6-10,13H,1,5,11-12H2,2-3H3/t13-/m1/s1. The molecule has 1 rings (SSSR count). The van der Waals surface area contributed by atoms with Gasteiger partial charge in [0.15, 0.2) is 0 Å². The number of hydrogen-bond acceptors (Lipinski definition) is 3. The summed E-state index contributed by atoms with van der Waals surface area (Å²) in [7, 11) is 0. The van der Waals surface area contributed by atoms with E-state index in [1.54, 1.807) is 6.08 Å². The van der Waals surface area contributed by atoms with E-state index in [0.717, 1.165) is 0 Å². The van der Waals surface area contributed by atoms with Gasteiger partial charge in [-0.25, -0.2) is 0 Å². The van der Waals surface area contributed by atoms with Crippen LogP contribution < -0.4 is 0 Å². The second-order valence-electron chi connectivity index (χ2n) is 4.11. The Morgan fingerprint density at radius 1 is 1.44 bits per heavy atom. The molecule has 0 saturated heterocycles. The van der Waals surface area contributed by atoms with E-state index in [1.165, 1.54) is 5.56 Å². The zero-order valence-electron chi connectivity index (χ0n) is 11.1. The lowest BCUT2D eigenvalue weighted by Gasteiger charge is -2.27. The monoisotopic (exact) mass is 247 g/mol. The summed E-state index contributed by atoms with van der Waals surface area (Å²) in [6.45, 7) is 9.00. The molecule has 0 bridgehead atoms. The molecule has 3 nitrogen and oxygen atoms in total. The van der Waals surface area contributed by atoms with Crippen molar-refractivity contribution in [1.82, 2.24) is 4.90 Å². The first-order chi connectivity index (χ1) is 8.69. The van der Waals surface area contributed by atoms with Crippen LogP contribution in [0.3, 0.4) is 0 Å². The Kier molecular flexibility index (Phi) is 6.15. The van der Waals surface area contributed by atoms with Crippen molar-refractivity contribution in [2.24, 2.45) is 0 Å². The van der Waals surface area contributed by atoms with Crippen LogP contribution in [-0.4, -0.2) is 30.6 Å². The molecule has 0 radical (unpaired) electrons. The van der Waals surface area contributed by atoms with Crippen molar-refractivity contribution in [3.63, 3.8) is 0 Å². The molecule has 3 heteroatoms. The number of carbonyl (C=O) groups is 1. The molecule has 0 N–H and O–H groups in total. The van der Waals surface area contributed by atoms with Gasteiger partial charge in [-0.3, -0.25) is 9.69 Å². The predicted octanol–water partition coefficient (Wildman–Crippen LogP) is 2.80. The summed E-state index contributed by atoms with van der Waals surface area (Å²) in [6, 6.07) is 10.3. The highest BCUT2D eigenvalue weighted by atomic mass is 16.5. The molecule has 0 aromatic heterocycles. The topological polar surface area (TPSA) is 29.5 Å². The lowest BCUT2D eigenvalue weighted by molar-refractivity contribution is -0.144. The molecule has 0 unspecified atom stereocenters. The van der Waals surface area contributed by atoms with E-state index in [4.69, 9.17) is 4.74 Å². The van der Waals surface area contributed by atoms with E-state index in [1.807, 2.05) is 30.0 Å². The number of benzene rings is 1. The van der Waals surface area contributed by atoms with Gasteiger partial charge in [-0.2, -0.15) is 0 Å². The van der Waals surface area contributed by atoms with Gasteiger partial charge in [0.1, 0.15) is 0 Å². The van der Waals surface area contributed by atoms with Crippen molar-refractivity contribution in [3.8, 4) is 0 Å². The summed E-state index contributed by atoms with van der Waals surface area (Å²) in [6.07, 6.45) is 1.80. The van der Waals surface area contributed by atoms with Crippen molar-refractivity contribution < 1.29 is 9.53 Å². The number of esters is 1. The normalized spacial score (nSPS) is 12.2. The van der Waals surface area contributed by atoms with Crippen LogP contribution in [0.2, 0.25) is 0 Å². The van der Waals surface area contributed by atoms with Crippen LogP contribution in [0.1, 0.15) is 25.5 Å². The molecule has 1 atom stereocenters. The van der Waals surface area contributed by atoms with E-state index in [9.17, 15) is 4.79 Å². The van der Waals surface area contributed by atoms with Gasteiger partial charge < -0.3 is 4.74 Å². The largest absolute Gasteiger partial charge is 0.465 e. The number of nitrogens with zero attached hydrogens (tertiary/aromatic N) is 1. The first-order valence-corrected chi connectivity index (χ1v) is 6.24. The molecule has 0 heterocycles. The van der Waals surface area contributed by atoms with Crippen molar-refractivity contribution in [2.45, 2.75) is 19.9 Å². The Hall–Kier alpha value is -1.61. The van der Waals surface area contributed by atoms with Crippen molar-refractivity contribution >= 4 is 5.97 Å². The number of ether oxygens (including phenoxy) is 1. The van der Waals surface area contributed by atoms with Gasteiger partial charge in [0.25, 0.3) is 0 Å². The molecule has 0 spiro atoms. The van der Waals surface area contributed by atoms with Gasteiger partial charge in [-0.1, -0.05) is 36.4 Å². The Morgan fingerprint density at radius 2 is 2.11 bits per heavy atom. The highest BCUT2D eigenvalue weighted by Crippen LogP contribution is 2.19. The number of hydrogen-bond donors (Lipinski definition) is 0. The molecule has 0 saturated carbocycles. The zero-order chi connectivity index (χ0) is 13.4. The average Bonchev–Trinajstić information content (AvgIpc) is 2.39. The Labute approximate surface area is 109 Å². The molecule has 18 heavy (non-hydrogen) atoms. The summed E-state index contributed by atoms with van der Waals surface area (Å²) in [4.78, 5) is 13.6. The van der Waals surface area contributed by atoms with E-state index in [2.05, 4.69) is 25.6 Å². The van der Waals surface area contributed by atoms with Crippen LogP contribution in [-0.2, 0) is 9.53 Å². The number of rotatable bonds is 7. The highest BCUT2D eigenvalue weighted by molar-refractivity contribution is 5.71. The van der Waals surface area contributed by atoms with Gasteiger partial charge in [0, 0.05) is 12.6 Å². The quantitative estimate of drug-likeness (QED) is 0.548. The third-order valence-electron chi connectivity index (χ3n) is 2.83. The van der Waals surface area contributed by atoms with Crippen molar-refractivity contribution in [1.29, 1.82) is 0 Å². The molecule has 1 aromatic carbocycles. The maximum absolute atomic E-state index is 11.6. The first-order valence-electron chi connectivity index (χ1n) is 6.24. The molecule has 0 amide bonds. The van der Waals surface area contributed by atoms with Crippen molar-refractivity contribution in [2.75, 3.05) is 19.7 Å². The molecule has 0 aliphatic carbocycles. The molecule has 0 fully saturated rings. The molecular weight excluding hydrogens is 226 g/mol. The lowest BCUT2D eigenvalue weighted by Crippen LogP contribution is -2.33. The van der Waals surface area contributed by atoms with Crippen LogP contribution in [0, 0.1) is 0 Å². The van der Waals surface area contributed by atoms with Crippen LogP contribution in [0.5, 0.6) is 0 Å². The second kappa shape index (κ2) is 7.67. The maximum atomic E-state index is 11.6. The SMILES string of the molecule is C=CCN(CC(=O)OCC)[C@H](C)c1ccccc1. The van der Waals surface area contributed by atoms with E-state index >= 15 is 0 Å². The van der Waals surface area contributed by atoms with Crippen LogP contribution in [0.15, 0.2) is 43.0 Å². The van der Waals surface area contributed by atoms with Crippen LogP contribution >= 0.6 is 0 Å². The minimum Gasteiger partial charge on any atom is -0.465 e. The first kappa shape index (κ1) is 14.5. The summed E-state index contributed by atoms with van der Waals surface area (Å²) in [5, 5.41) is 0. The summed E-state index contributed by atoms with van der Waals surface area (Å²) in [5.74, 6) is -0.192. The van der Waals surface area contributed by atoms with Crippen LogP contribution in [0.25, 0.3) is 0 Å². The van der Waals surface area contributed by atoms with Crippen LogP contribution in [0.4, 0.5) is 0 Å². The second-order valence-corrected chi connectivity index (χ2v) is 4.11. The van der Waals surface area contributed by atoms with Crippen molar-refractivity contribution in [3.05, 3.63) is 48.6 Å². The van der Waals surface area contributed by atoms with Gasteiger partial charge in [0.2, 0.25) is 0 Å². The maximum Gasteiger partial charge on any atom is 0.320 e. The van der Waals surface area contributed by atoms with E-state index in [-0.39, 0.29) is 18.6 Å². The minimum atomic E-state index is -0.192. The minimum absolute atomic E-state index is 0.161. The highest BCUT2D eigenvalue weighted by Gasteiger charge is 2.17. The zero-order valence-corrected chi connectivity index (χ0v) is 11.1. The molecule has 98 valence electrons. The molecule has 1 aromatic rings.